The minimum Gasteiger partial charge on any atom is -0.493 e. The van der Waals surface area contributed by atoms with E-state index in [9.17, 15) is 4.79 Å². The number of hydrogen-bond donors (Lipinski definition) is 1. The van der Waals surface area contributed by atoms with Crippen molar-refractivity contribution >= 4 is 5.91 Å². The number of hydrogen-bond acceptors (Lipinski definition) is 5. The van der Waals surface area contributed by atoms with Gasteiger partial charge < -0.3 is 19.3 Å². The summed E-state index contributed by atoms with van der Waals surface area (Å²) in [6.45, 7) is 3.25. The van der Waals surface area contributed by atoms with Crippen molar-refractivity contribution in [3.8, 4) is 22.8 Å². The van der Waals surface area contributed by atoms with E-state index in [1.807, 2.05) is 24.1 Å². The molecular weight excluding hydrogens is 392 g/mol. The molecule has 7 nitrogen and oxygen atoms in total. The van der Waals surface area contributed by atoms with Crippen LogP contribution in [0.1, 0.15) is 53.7 Å². The third-order valence-corrected chi connectivity index (χ3v) is 7.40. The van der Waals surface area contributed by atoms with Gasteiger partial charge in [-0.1, -0.05) is 6.42 Å². The van der Waals surface area contributed by atoms with E-state index in [-0.39, 0.29) is 5.91 Å². The molecule has 1 N–H and O–H groups in total. The number of nitrogens with zero attached hydrogens (tertiary/aromatic N) is 3. The largest absolute Gasteiger partial charge is 0.493 e. The number of carbonyl (C=O) groups is 1. The quantitative estimate of drug-likeness (QED) is 0.680. The molecular formula is C24H32N4O3. The Kier molecular flexibility index (Phi) is 5.38. The number of aromatic nitrogens is 2. The van der Waals surface area contributed by atoms with Gasteiger partial charge >= 0.3 is 0 Å². The monoisotopic (exact) mass is 424 g/mol. The SMILES string of the molecule is COc1cc2c(cc1OC)-c1n[nH]c(C(=O)N(C)CC3CCCN4CCCCC34)c1C2. The van der Waals surface area contributed by atoms with E-state index in [2.05, 4.69) is 15.1 Å². The first-order valence-corrected chi connectivity index (χ1v) is 11.4. The molecule has 2 aliphatic heterocycles. The molecule has 1 aromatic heterocycles. The second kappa shape index (κ2) is 8.19. The number of ether oxygens (including phenoxy) is 2. The van der Waals surface area contributed by atoms with Crippen LogP contribution in [0.4, 0.5) is 0 Å². The van der Waals surface area contributed by atoms with Crippen LogP contribution in [0.15, 0.2) is 12.1 Å². The zero-order chi connectivity index (χ0) is 21.5. The molecule has 0 saturated carbocycles. The van der Waals surface area contributed by atoms with Gasteiger partial charge in [-0.15, -0.1) is 0 Å². The van der Waals surface area contributed by atoms with Crippen molar-refractivity contribution in [3.63, 3.8) is 0 Å². The van der Waals surface area contributed by atoms with E-state index in [1.54, 1.807) is 14.2 Å². The number of methoxy groups -OCH3 is 2. The van der Waals surface area contributed by atoms with Gasteiger partial charge in [0.25, 0.3) is 5.91 Å². The minimum absolute atomic E-state index is 0.0356. The third kappa shape index (κ3) is 3.49. The summed E-state index contributed by atoms with van der Waals surface area (Å²) in [5.41, 5.74) is 4.57. The lowest BCUT2D eigenvalue weighted by Crippen LogP contribution is -2.51. The molecule has 1 aliphatic carbocycles. The molecule has 0 bridgehead atoms. The third-order valence-electron chi connectivity index (χ3n) is 7.40. The fourth-order valence-electron chi connectivity index (χ4n) is 5.83. The van der Waals surface area contributed by atoms with E-state index < -0.39 is 0 Å². The van der Waals surface area contributed by atoms with Gasteiger partial charge in [-0.25, -0.2) is 0 Å². The number of fused-ring (bicyclic) bond motifs is 4. The lowest BCUT2D eigenvalue weighted by atomic mass is 9.83. The Morgan fingerprint density at radius 2 is 1.94 bits per heavy atom. The van der Waals surface area contributed by atoms with Gasteiger partial charge in [-0.05, 0) is 62.4 Å². The molecule has 7 heteroatoms. The zero-order valence-corrected chi connectivity index (χ0v) is 18.7. The summed E-state index contributed by atoms with van der Waals surface area (Å²) in [6.07, 6.45) is 7.02. The maximum atomic E-state index is 13.4. The lowest BCUT2D eigenvalue weighted by Gasteiger charge is -2.45. The van der Waals surface area contributed by atoms with Gasteiger partial charge in [0.15, 0.2) is 11.5 Å². The van der Waals surface area contributed by atoms with Crippen molar-refractivity contribution in [3.05, 3.63) is 29.0 Å². The van der Waals surface area contributed by atoms with Crippen molar-refractivity contribution in [2.45, 2.75) is 44.6 Å². The number of piperidine rings is 2. The summed E-state index contributed by atoms with van der Waals surface area (Å²) < 4.78 is 10.9. The maximum absolute atomic E-state index is 13.4. The van der Waals surface area contributed by atoms with Crippen LogP contribution >= 0.6 is 0 Å². The summed E-state index contributed by atoms with van der Waals surface area (Å²) in [7, 11) is 5.21. The molecule has 166 valence electrons. The van der Waals surface area contributed by atoms with Crippen molar-refractivity contribution in [1.82, 2.24) is 20.0 Å². The first-order chi connectivity index (χ1) is 15.1. The molecule has 2 saturated heterocycles. The van der Waals surface area contributed by atoms with E-state index in [0.717, 1.165) is 28.9 Å². The molecule has 5 rings (SSSR count). The normalized spacial score (nSPS) is 22.4. The number of rotatable bonds is 5. The lowest BCUT2D eigenvalue weighted by molar-refractivity contribution is 0.0400. The van der Waals surface area contributed by atoms with Crippen LogP contribution < -0.4 is 9.47 Å². The van der Waals surface area contributed by atoms with Crippen LogP contribution in [0.5, 0.6) is 11.5 Å². The summed E-state index contributed by atoms with van der Waals surface area (Å²) >= 11 is 0. The summed E-state index contributed by atoms with van der Waals surface area (Å²) in [6, 6.07) is 4.58. The molecule has 2 fully saturated rings. The number of carbonyl (C=O) groups excluding carboxylic acids is 1. The fraction of sp³-hybridized carbons (Fsp3) is 0.583. The summed E-state index contributed by atoms with van der Waals surface area (Å²) in [5, 5.41) is 7.54. The highest BCUT2D eigenvalue weighted by atomic mass is 16.5. The summed E-state index contributed by atoms with van der Waals surface area (Å²) in [5.74, 6) is 1.98. The smallest absolute Gasteiger partial charge is 0.271 e. The predicted octanol–water partition coefficient (Wildman–Crippen LogP) is 3.33. The molecule has 3 heterocycles. The molecule has 1 aromatic carbocycles. The standard InChI is InChI=1S/C24H32N4O3/c1-27(14-15-7-6-10-28-9-5-4-8-19(15)28)24(29)23-18-11-16-12-20(30-2)21(31-3)13-17(16)22(18)25-26-23/h12-13,15,19H,4-11,14H2,1-3H3,(H,25,26). The van der Waals surface area contributed by atoms with Crippen LogP contribution in [0, 0.1) is 5.92 Å². The Morgan fingerprint density at radius 1 is 1.16 bits per heavy atom. The average Bonchev–Trinajstić information content (AvgIpc) is 3.36. The number of amides is 1. The Hall–Kier alpha value is -2.54. The van der Waals surface area contributed by atoms with Crippen LogP contribution in [0.3, 0.4) is 0 Å². The summed E-state index contributed by atoms with van der Waals surface area (Å²) in [4.78, 5) is 17.9. The van der Waals surface area contributed by atoms with Crippen LogP contribution in [0.25, 0.3) is 11.3 Å². The molecule has 2 unspecified atom stereocenters. The molecule has 0 radical (unpaired) electrons. The highest BCUT2D eigenvalue weighted by Crippen LogP contribution is 2.43. The number of aromatic amines is 1. The molecule has 1 amide bonds. The highest BCUT2D eigenvalue weighted by Gasteiger charge is 2.35. The molecule has 3 aliphatic rings. The molecule has 31 heavy (non-hydrogen) atoms. The van der Waals surface area contributed by atoms with Crippen molar-refractivity contribution in [1.29, 1.82) is 0 Å². The van der Waals surface area contributed by atoms with Gasteiger partial charge in [0.1, 0.15) is 5.69 Å². The average molecular weight is 425 g/mol. The molecule has 2 aromatic rings. The van der Waals surface area contributed by atoms with Gasteiger partial charge in [0.05, 0.1) is 19.9 Å². The minimum atomic E-state index is 0.0356. The zero-order valence-electron chi connectivity index (χ0n) is 18.7. The van der Waals surface area contributed by atoms with Crippen LogP contribution in [-0.2, 0) is 6.42 Å². The van der Waals surface area contributed by atoms with Crippen LogP contribution in [-0.4, -0.2) is 72.8 Å². The second-order valence-electron chi connectivity index (χ2n) is 9.15. The first kappa shape index (κ1) is 20.4. The van der Waals surface area contributed by atoms with E-state index in [0.29, 0.717) is 35.6 Å². The van der Waals surface area contributed by atoms with Crippen molar-refractivity contribution in [2.24, 2.45) is 5.92 Å². The van der Waals surface area contributed by atoms with Crippen molar-refractivity contribution in [2.75, 3.05) is 40.9 Å². The van der Waals surface area contributed by atoms with E-state index in [4.69, 9.17) is 9.47 Å². The first-order valence-electron chi connectivity index (χ1n) is 11.4. The van der Waals surface area contributed by atoms with Gasteiger partial charge in [0.2, 0.25) is 0 Å². The topological polar surface area (TPSA) is 70.7 Å². The molecule has 2 atom stereocenters. The van der Waals surface area contributed by atoms with E-state index in [1.165, 1.54) is 45.2 Å². The Balaban J connectivity index is 1.35. The van der Waals surface area contributed by atoms with Gasteiger partial charge in [-0.2, -0.15) is 5.10 Å². The fourth-order valence-corrected chi connectivity index (χ4v) is 5.83. The number of H-pyrrole nitrogens is 1. The highest BCUT2D eigenvalue weighted by molar-refractivity contribution is 5.97. The second-order valence-corrected chi connectivity index (χ2v) is 9.15. The number of benzene rings is 1. The van der Waals surface area contributed by atoms with Gasteiger partial charge in [-0.3, -0.25) is 9.89 Å². The van der Waals surface area contributed by atoms with Crippen LogP contribution in [0.2, 0.25) is 0 Å². The molecule has 0 spiro atoms. The predicted molar refractivity (Wildman–Crippen MR) is 119 cm³/mol. The van der Waals surface area contributed by atoms with E-state index >= 15 is 0 Å². The Bertz CT molecular complexity index is 983. The Morgan fingerprint density at radius 3 is 2.74 bits per heavy atom. The van der Waals surface area contributed by atoms with Gasteiger partial charge in [0, 0.05) is 37.2 Å². The maximum Gasteiger partial charge on any atom is 0.271 e. The Labute approximate surface area is 183 Å². The number of nitrogens with one attached hydrogen (secondary N) is 1. The van der Waals surface area contributed by atoms with Crippen molar-refractivity contribution < 1.29 is 14.3 Å².